The monoisotopic (exact) mass is 482 g/mol. The zero-order chi connectivity index (χ0) is 25.1. The molecule has 2 fully saturated rings. The van der Waals surface area contributed by atoms with Gasteiger partial charge in [-0.25, -0.2) is 9.59 Å². The number of hydrogen-bond acceptors (Lipinski definition) is 5. The molecule has 2 aliphatic heterocycles. The van der Waals surface area contributed by atoms with Crippen molar-refractivity contribution in [3.05, 3.63) is 46.7 Å². The minimum absolute atomic E-state index is 0.0869. The summed E-state index contributed by atoms with van der Waals surface area (Å²) in [5.41, 5.74) is 3.13. The summed E-state index contributed by atoms with van der Waals surface area (Å²) in [5, 5.41) is 3.02. The number of amides is 3. The second kappa shape index (κ2) is 10.8. The van der Waals surface area contributed by atoms with Crippen molar-refractivity contribution in [3.8, 4) is 0 Å². The smallest absolute Gasteiger partial charge is 0.338 e. The number of hydrogen-bond donors (Lipinski definition) is 1. The normalized spacial score (nSPS) is 23.7. The van der Waals surface area contributed by atoms with Crippen LogP contribution in [0, 0.1) is 12.8 Å². The Morgan fingerprint density at radius 1 is 1.11 bits per heavy atom. The standard InChI is InChI=1S/C27H38N4O4/c1-5-30-22(17-29-14-15-31(19(4)16-29)25(32)21-8-7-9-21)23(26(33)35-6-2)24(28-27(30)34)20-12-10-18(3)11-13-20/h10-13,19,21,24H,5-9,14-17H2,1-4H3,(H,28,34). The SMILES string of the molecule is CCOC(=O)C1=C(CN2CCN(C(=O)C3CCC3)C(C)C2)N(CC)C(=O)NC1c1ccc(C)cc1. The molecule has 2 heterocycles. The molecule has 3 aliphatic rings. The molecule has 1 aliphatic carbocycles. The van der Waals surface area contributed by atoms with Gasteiger partial charge in [-0.3, -0.25) is 14.6 Å². The molecule has 2 unspecified atom stereocenters. The van der Waals surface area contributed by atoms with E-state index in [1.54, 1.807) is 11.8 Å². The second-order valence-electron chi connectivity index (χ2n) is 9.86. The molecular weight excluding hydrogens is 444 g/mol. The Balaban J connectivity index is 1.63. The number of nitrogens with one attached hydrogen (secondary N) is 1. The minimum Gasteiger partial charge on any atom is -0.463 e. The summed E-state index contributed by atoms with van der Waals surface area (Å²) < 4.78 is 5.47. The molecule has 0 spiro atoms. The average Bonchev–Trinajstić information content (AvgIpc) is 2.78. The molecule has 0 aromatic heterocycles. The van der Waals surface area contributed by atoms with Crippen molar-refractivity contribution in [2.75, 3.05) is 39.3 Å². The van der Waals surface area contributed by atoms with Gasteiger partial charge in [-0.15, -0.1) is 0 Å². The molecule has 2 atom stereocenters. The first-order valence-corrected chi connectivity index (χ1v) is 12.9. The minimum atomic E-state index is -0.571. The van der Waals surface area contributed by atoms with Crippen LogP contribution in [-0.2, 0) is 14.3 Å². The fourth-order valence-corrected chi connectivity index (χ4v) is 5.27. The van der Waals surface area contributed by atoms with Gasteiger partial charge >= 0.3 is 12.0 Å². The van der Waals surface area contributed by atoms with Gasteiger partial charge in [0.1, 0.15) is 0 Å². The lowest BCUT2D eigenvalue weighted by atomic mass is 9.84. The summed E-state index contributed by atoms with van der Waals surface area (Å²) in [5.74, 6) is 0.0647. The highest BCUT2D eigenvalue weighted by Crippen LogP contribution is 2.33. The number of rotatable bonds is 7. The van der Waals surface area contributed by atoms with Crippen molar-refractivity contribution in [1.82, 2.24) is 20.0 Å². The average molecular weight is 483 g/mol. The fourth-order valence-electron chi connectivity index (χ4n) is 5.27. The third-order valence-electron chi connectivity index (χ3n) is 7.48. The van der Waals surface area contributed by atoms with Gasteiger partial charge in [0.05, 0.1) is 18.2 Å². The third kappa shape index (κ3) is 5.22. The van der Waals surface area contributed by atoms with Crippen LogP contribution in [0.5, 0.6) is 0 Å². The van der Waals surface area contributed by atoms with Crippen molar-refractivity contribution in [2.45, 2.75) is 59.0 Å². The lowest BCUT2D eigenvalue weighted by molar-refractivity contribution is -0.142. The maximum Gasteiger partial charge on any atom is 0.338 e. The van der Waals surface area contributed by atoms with E-state index in [9.17, 15) is 14.4 Å². The van der Waals surface area contributed by atoms with Gasteiger partial charge in [0.15, 0.2) is 0 Å². The zero-order valence-corrected chi connectivity index (χ0v) is 21.4. The molecule has 1 saturated carbocycles. The summed E-state index contributed by atoms with van der Waals surface area (Å²) >= 11 is 0. The molecule has 8 nitrogen and oxygen atoms in total. The Kier molecular flexibility index (Phi) is 7.79. The van der Waals surface area contributed by atoms with Crippen LogP contribution < -0.4 is 5.32 Å². The van der Waals surface area contributed by atoms with Crippen LogP contribution in [0.3, 0.4) is 0 Å². The summed E-state index contributed by atoms with van der Waals surface area (Å²) in [6, 6.07) is 7.17. The topological polar surface area (TPSA) is 82.2 Å². The molecule has 1 aromatic carbocycles. The lowest BCUT2D eigenvalue weighted by Gasteiger charge is -2.44. The van der Waals surface area contributed by atoms with Crippen molar-refractivity contribution in [3.63, 3.8) is 0 Å². The Hall–Kier alpha value is -2.87. The van der Waals surface area contributed by atoms with E-state index >= 15 is 0 Å². The Morgan fingerprint density at radius 3 is 2.40 bits per heavy atom. The first-order valence-electron chi connectivity index (χ1n) is 12.9. The van der Waals surface area contributed by atoms with E-state index in [1.807, 2.05) is 43.0 Å². The molecular formula is C27H38N4O4. The molecule has 1 saturated heterocycles. The van der Waals surface area contributed by atoms with Gasteiger partial charge in [0.25, 0.3) is 0 Å². The summed E-state index contributed by atoms with van der Waals surface area (Å²) in [4.78, 5) is 45.1. The first-order chi connectivity index (χ1) is 16.8. The Bertz CT molecular complexity index is 985. The van der Waals surface area contributed by atoms with E-state index in [1.165, 1.54) is 0 Å². The van der Waals surface area contributed by atoms with Crippen LogP contribution in [-0.4, -0.2) is 78.0 Å². The fraction of sp³-hybridized carbons (Fsp3) is 0.593. The van der Waals surface area contributed by atoms with Gasteiger partial charge in [0.2, 0.25) is 5.91 Å². The third-order valence-corrected chi connectivity index (χ3v) is 7.48. The van der Waals surface area contributed by atoms with Gasteiger partial charge in [-0.05, 0) is 46.1 Å². The lowest BCUT2D eigenvalue weighted by Crippen LogP contribution is -2.57. The maximum absolute atomic E-state index is 13.3. The molecule has 0 radical (unpaired) electrons. The number of benzene rings is 1. The van der Waals surface area contributed by atoms with Crippen LogP contribution in [0.2, 0.25) is 0 Å². The van der Waals surface area contributed by atoms with E-state index in [2.05, 4.69) is 17.1 Å². The van der Waals surface area contributed by atoms with Crippen molar-refractivity contribution < 1.29 is 19.1 Å². The Morgan fingerprint density at radius 2 is 1.83 bits per heavy atom. The summed E-state index contributed by atoms with van der Waals surface area (Å²) in [6.07, 6.45) is 3.15. The molecule has 8 heteroatoms. The van der Waals surface area contributed by atoms with Gasteiger partial charge < -0.3 is 15.0 Å². The van der Waals surface area contributed by atoms with Crippen LogP contribution in [0.15, 0.2) is 35.5 Å². The predicted octanol–water partition coefficient (Wildman–Crippen LogP) is 3.23. The molecule has 4 rings (SSSR count). The number of carbonyl (C=O) groups excluding carboxylic acids is 3. The highest BCUT2D eigenvalue weighted by molar-refractivity contribution is 5.95. The molecule has 3 amide bonds. The quantitative estimate of drug-likeness (QED) is 0.604. The van der Waals surface area contributed by atoms with E-state index in [0.29, 0.717) is 44.0 Å². The van der Waals surface area contributed by atoms with E-state index in [0.717, 1.165) is 30.4 Å². The van der Waals surface area contributed by atoms with E-state index < -0.39 is 12.0 Å². The predicted molar refractivity (Wildman–Crippen MR) is 133 cm³/mol. The largest absolute Gasteiger partial charge is 0.463 e. The van der Waals surface area contributed by atoms with Crippen LogP contribution in [0.4, 0.5) is 4.79 Å². The van der Waals surface area contributed by atoms with Crippen LogP contribution in [0.1, 0.15) is 57.2 Å². The van der Waals surface area contributed by atoms with E-state index in [-0.39, 0.29) is 30.5 Å². The van der Waals surface area contributed by atoms with Crippen LogP contribution >= 0.6 is 0 Å². The maximum atomic E-state index is 13.3. The molecule has 190 valence electrons. The number of aryl methyl sites for hydroxylation is 1. The number of esters is 1. The Labute approximate surface area is 208 Å². The number of likely N-dealkylation sites (N-methyl/N-ethyl adjacent to an activating group) is 1. The highest BCUT2D eigenvalue weighted by atomic mass is 16.5. The number of urea groups is 1. The summed E-state index contributed by atoms with van der Waals surface area (Å²) in [6.45, 7) is 11.0. The highest BCUT2D eigenvalue weighted by Gasteiger charge is 2.40. The van der Waals surface area contributed by atoms with Crippen molar-refractivity contribution in [1.29, 1.82) is 0 Å². The molecule has 1 aromatic rings. The molecule has 1 N–H and O–H groups in total. The van der Waals surface area contributed by atoms with Gasteiger partial charge in [-0.1, -0.05) is 36.2 Å². The van der Waals surface area contributed by atoms with Gasteiger partial charge in [0, 0.05) is 50.4 Å². The molecule has 0 bridgehead atoms. The number of ether oxygens (including phenoxy) is 1. The first kappa shape index (κ1) is 25.2. The number of carbonyl (C=O) groups is 3. The van der Waals surface area contributed by atoms with Gasteiger partial charge in [-0.2, -0.15) is 0 Å². The zero-order valence-electron chi connectivity index (χ0n) is 21.4. The van der Waals surface area contributed by atoms with Crippen LogP contribution in [0.25, 0.3) is 0 Å². The molecule has 35 heavy (non-hydrogen) atoms. The van der Waals surface area contributed by atoms with E-state index in [4.69, 9.17) is 4.74 Å². The number of nitrogens with zero attached hydrogens (tertiary/aromatic N) is 3. The summed E-state index contributed by atoms with van der Waals surface area (Å²) in [7, 11) is 0. The second-order valence-corrected chi connectivity index (χ2v) is 9.86. The van der Waals surface area contributed by atoms with Crippen molar-refractivity contribution in [2.24, 2.45) is 5.92 Å². The van der Waals surface area contributed by atoms with Crippen molar-refractivity contribution >= 4 is 17.9 Å². The number of piperazine rings is 1.